The van der Waals surface area contributed by atoms with Crippen LogP contribution in [0.25, 0.3) is 0 Å². The second kappa shape index (κ2) is 7.29. The molecular weight excluding hydrogens is 346 g/mol. The molecule has 1 N–H and O–H groups in total. The fourth-order valence-corrected chi connectivity index (χ4v) is 2.85. The largest absolute Gasteiger partial charge is 0.482 e. The lowest BCUT2D eigenvalue weighted by Gasteiger charge is -2.20. The van der Waals surface area contributed by atoms with Gasteiger partial charge >= 0.3 is 0 Å². The number of halogens is 2. The molecule has 2 atom stereocenters. The Morgan fingerprint density at radius 1 is 1.65 bits per heavy atom. The summed E-state index contributed by atoms with van der Waals surface area (Å²) < 4.78 is 11.8. The number of rotatable bonds is 5. The van der Waals surface area contributed by atoms with Crippen LogP contribution in [-0.2, 0) is 9.53 Å². The maximum absolute atomic E-state index is 11.8. The summed E-state index contributed by atoms with van der Waals surface area (Å²) in [5, 5.41) is 3.35. The van der Waals surface area contributed by atoms with Gasteiger partial charge in [0.2, 0.25) is 0 Å². The number of hydrogen-bond acceptors (Lipinski definition) is 3. The van der Waals surface area contributed by atoms with E-state index in [4.69, 9.17) is 21.1 Å². The monoisotopic (exact) mass is 361 g/mol. The third-order valence-electron chi connectivity index (χ3n) is 3.16. The second-order valence-electron chi connectivity index (χ2n) is 4.77. The first kappa shape index (κ1) is 15.6. The van der Waals surface area contributed by atoms with Crippen LogP contribution in [-0.4, -0.2) is 31.3 Å². The Labute approximate surface area is 131 Å². The lowest BCUT2D eigenvalue weighted by molar-refractivity contribution is -0.124. The lowest BCUT2D eigenvalue weighted by atomic mass is 10.1. The molecule has 0 saturated carbocycles. The number of ether oxygens (including phenoxy) is 2. The SMILES string of the molecule is C[C@H](NC(=O)COc1ccc(Br)cc1Cl)[C@@H]1CCCO1. The summed E-state index contributed by atoms with van der Waals surface area (Å²) in [6, 6.07) is 5.26. The molecule has 1 aromatic carbocycles. The Hall–Kier alpha value is -0.780. The highest BCUT2D eigenvalue weighted by Crippen LogP contribution is 2.27. The minimum atomic E-state index is -0.174. The van der Waals surface area contributed by atoms with Crippen molar-refractivity contribution in [2.24, 2.45) is 0 Å². The summed E-state index contributed by atoms with van der Waals surface area (Å²) in [6.45, 7) is 2.66. The van der Waals surface area contributed by atoms with Crippen LogP contribution < -0.4 is 10.1 Å². The summed E-state index contributed by atoms with van der Waals surface area (Å²) >= 11 is 9.33. The number of carbonyl (C=O) groups excluding carboxylic acids is 1. The van der Waals surface area contributed by atoms with Crippen LogP contribution in [0.2, 0.25) is 5.02 Å². The minimum absolute atomic E-state index is 0.00557. The molecule has 1 aliphatic rings. The summed E-state index contributed by atoms with van der Waals surface area (Å²) in [5.74, 6) is 0.321. The molecule has 6 heteroatoms. The molecule has 0 aliphatic carbocycles. The molecule has 0 spiro atoms. The molecule has 1 aromatic rings. The molecule has 0 aromatic heterocycles. The van der Waals surface area contributed by atoms with E-state index in [2.05, 4.69) is 21.2 Å². The molecule has 0 unspecified atom stereocenters. The molecule has 0 radical (unpaired) electrons. The first-order valence-electron chi connectivity index (χ1n) is 6.55. The minimum Gasteiger partial charge on any atom is -0.482 e. The predicted molar refractivity (Wildman–Crippen MR) is 81.2 cm³/mol. The molecule has 110 valence electrons. The van der Waals surface area contributed by atoms with Crippen LogP contribution in [0, 0.1) is 0 Å². The fourth-order valence-electron chi connectivity index (χ4n) is 2.12. The van der Waals surface area contributed by atoms with Crippen molar-refractivity contribution in [3.8, 4) is 5.75 Å². The quantitative estimate of drug-likeness (QED) is 0.875. The molecular formula is C14H17BrClNO3. The van der Waals surface area contributed by atoms with Crippen molar-refractivity contribution in [3.05, 3.63) is 27.7 Å². The van der Waals surface area contributed by atoms with E-state index in [1.165, 1.54) is 0 Å². The zero-order valence-corrected chi connectivity index (χ0v) is 13.5. The van der Waals surface area contributed by atoms with E-state index < -0.39 is 0 Å². The standard InChI is InChI=1S/C14H17BrClNO3/c1-9(12-3-2-6-19-12)17-14(18)8-20-13-5-4-10(15)7-11(13)16/h4-5,7,9,12H,2-3,6,8H2,1H3,(H,17,18)/t9-,12-/m0/s1. The number of benzene rings is 1. The van der Waals surface area contributed by atoms with Crippen molar-refractivity contribution in [1.29, 1.82) is 0 Å². The van der Waals surface area contributed by atoms with Crippen molar-refractivity contribution in [3.63, 3.8) is 0 Å². The van der Waals surface area contributed by atoms with Gasteiger partial charge in [0.1, 0.15) is 5.75 Å². The van der Waals surface area contributed by atoms with Gasteiger partial charge in [-0.05, 0) is 38.0 Å². The number of hydrogen-bond donors (Lipinski definition) is 1. The topological polar surface area (TPSA) is 47.6 Å². The Morgan fingerprint density at radius 2 is 2.45 bits per heavy atom. The molecule has 1 amide bonds. The van der Waals surface area contributed by atoms with Gasteiger partial charge in [0.25, 0.3) is 5.91 Å². The number of carbonyl (C=O) groups is 1. The van der Waals surface area contributed by atoms with Gasteiger partial charge < -0.3 is 14.8 Å². The maximum atomic E-state index is 11.8. The molecule has 20 heavy (non-hydrogen) atoms. The van der Waals surface area contributed by atoms with Crippen molar-refractivity contribution >= 4 is 33.4 Å². The van der Waals surface area contributed by atoms with Crippen LogP contribution in [0.4, 0.5) is 0 Å². The van der Waals surface area contributed by atoms with E-state index in [1.807, 2.05) is 13.0 Å². The number of nitrogens with one attached hydrogen (secondary N) is 1. The zero-order chi connectivity index (χ0) is 14.5. The second-order valence-corrected chi connectivity index (χ2v) is 6.09. The van der Waals surface area contributed by atoms with Crippen molar-refractivity contribution in [2.75, 3.05) is 13.2 Å². The molecule has 1 aliphatic heterocycles. The van der Waals surface area contributed by atoms with Gasteiger partial charge in [-0.25, -0.2) is 0 Å². The van der Waals surface area contributed by atoms with Crippen LogP contribution >= 0.6 is 27.5 Å². The van der Waals surface area contributed by atoms with Gasteiger partial charge in [-0.15, -0.1) is 0 Å². The van der Waals surface area contributed by atoms with Crippen molar-refractivity contribution in [1.82, 2.24) is 5.32 Å². The predicted octanol–water partition coefficient (Wildman–Crippen LogP) is 3.17. The van der Waals surface area contributed by atoms with E-state index in [-0.39, 0.29) is 24.7 Å². The molecule has 1 fully saturated rings. The first-order chi connectivity index (χ1) is 9.56. The Balaban J connectivity index is 1.79. The van der Waals surface area contributed by atoms with Gasteiger partial charge in [0.15, 0.2) is 6.61 Å². The van der Waals surface area contributed by atoms with E-state index in [0.717, 1.165) is 23.9 Å². The van der Waals surface area contributed by atoms with E-state index in [9.17, 15) is 4.79 Å². The van der Waals surface area contributed by atoms with Crippen LogP contribution in [0.3, 0.4) is 0 Å². The molecule has 2 rings (SSSR count). The first-order valence-corrected chi connectivity index (χ1v) is 7.72. The van der Waals surface area contributed by atoms with E-state index >= 15 is 0 Å². The van der Waals surface area contributed by atoms with Crippen LogP contribution in [0.1, 0.15) is 19.8 Å². The van der Waals surface area contributed by atoms with Crippen LogP contribution in [0.15, 0.2) is 22.7 Å². The Kier molecular flexibility index (Phi) is 5.69. The highest BCUT2D eigenvalue weighted by molar-refractivity contribution is 9.10. The summed E-state index contributed by atoms with van der Waals surface area (Å²) in [7, 11) is 0. The zero-order valence-electron chi connectivity index (χ0n) is 11.2. The average molecular weight is 363 g/mol. The lowest BCUT2D eigenvalue weighted by Crippen LogP contribution is -2.42. The van der Waals surface area contributed by atoms with Crippen molar-refractivity contribution < 1.29 is 14.3 Å². The molecule has 4 nitrogen and oxygen atoms in total. The summed E-state index contributed by atoms with van der Waals surface area (Å²) in [6.07, 6.45) is 2.15. The smallest absolute Gasteiger partial charge is 0.258 e. The van der Waals surface area contributed by atoms with Gasteiger partial charge in [-0.3, -0.25) is 4.79 Å². The van der Waals surface area contributed by atoms with E-state index in [1.54, 1.807) is 12.1 Å². The van der Waals surface area contributed by atoms with Gasteiger partial charge in [-0.2, -0.15) is 0 Å². The number of amides is 1. The summed E-state index contributed by atoms with van der Waals surface area (Å²) in [4.78, 5) is 11.8. The fraction of sp³-hybridized carbons (Fsp3) is 0.500. The average Bonchev–Trinajstić information content (AvgIpc) is 2.91. The van der Waals surface area contributed by atoms with Gasteiger partial charge in [-0.1, -0.05) is 27.5 Å². The molecule has 0 bridgehead atoms. The third kappa shape index (κ3) is 4.36. The molecule has 1 heterocycles. The highest BCUT2D eigenvalue weighted by atomic mass is 79.9. The van der Waals surface area contributed by atoms with Gasteiger partial charge in [0.05, 0.1) is 17.2 Å². The Morgan fingerprint density at radius 3 is 3.10 bits per heavy atom. The van der Waals surface area contributed by atoms with Crippen LogP contribution in [0.5, 0.6) is 5.75 Å². The third-order valence-corrected chi connectivity index (χ3v) is 3.95. The summed E-state index contributed by atoms with van der Waals surface area (Å²) in [5.41, 5.74) is 0. The normalized spacial score (nSPS) is 19.6. The van der Waals surface area contributed by atoms with Crippen molar-refractivity contribution in [2.45, 2.75) is 31.9 Å². The maximum Gasteiger partial charge on any atom is 0.258 e. The Bertz CT molecular complexity index is 477. The van der Waals surface area contributed by atoms with Gasteiger partial charge in [0, 0.05) is 11.1 Å². The van der Waals surface area contributed by atoms with E-state index in [0.29, 0.717) is 10.8 Å². The molecule has 1 saturated heterocycles. The highest BCUT2D eigenvalue weighted by Gasteiger charge is 2.23.